The van der Waals surface area contributed by atoms with Crippen LogP contribution in [-0.4, -0.2) is 32.2 Å². The average molecular weight is 358 g/mol. The second-order valence-corrected chi connectivity index (χ2v) is 6.26. The molecule has 3 aromatic rings. The summed E-state index contributed by atoms with van der Waals surface area (Å²) in [6.45, 7) is 0. The van der Waals surface area contributed by atoms with Crippen molar-refractivity contribution in [2.45, 2.75) is 31.6 Å². The molecule has 1 fully saturated rings. The van der Waals surface area contributed by atoms with E-state index in [-0.39, 0.29) is 17.9 Å². The van der Waals surface area contributed by atoms with E-state index in [9.17, 15) is 13.6 Å². The molecule has 6 nitrogen and oxygen atoms in total. The topological polar surface area (TPSA) is 69.4 Å². The van der Waals surface area contributed by atoms with Crippen molar-refractivity contribution in [2.75, 3.05) is 7.11 Å². The molecule has 3 aromatic heterocycles. The fraction of sp³-hybridized carbons (Fsp3) is 0.333. The zero-order valence-electron chi connectivity index (χ0n) is 14.0. The second kappa shape index (κ2) is 6.44. The van der Waals surface area contributed by atoms with Gasteiger partial charge in [0.2, 0.25) is 5.65 Å². The lowest BCUT2D eigenvalue weighted by Gasteiger charge is -2.06. The van der Waals surface area contributed by atoms with Crippen LogP contribution in [-0.2, 0) is 6.42 Å². The lowest BCUT2D eigenvalue weighted by atomic mass is 10.1. The summed E-state index contributed by atoms with van der Waals surface area (Å²) in [6, 6.07) is 4.02. The fourth-order valence-corrected chi connectivity index (χ4v) is 2.82. The summed E-state index contributed by atoms with van der Waals surface area (Å²) in [6.07, 6.45) is 3.09. The molecule has 0 saturated heterocycles. The van der Waals surface area contributed by atoms with Crippen molar-refractivity contribution in [3.8, 4) is 5.88 Å². The number of ketones is 1. The SMILES string of the molecule is COc1nc(CC(=O)c2cccc(C(F)F)n2)cn2cc(C3CC3)nc12. The molecule has 134 valence electrons. The summed E-state index contributed by atoms with van der Waals surface area (Å²) < 4.78 is 32.6. The number of aromatic nitrogens is 4. The number of Topliss-reactive ketones (excluding diaryl/α,β-unsaturated/α-hetero) is 1. The second-order valence-electron chi connectivity index (χ2n) is 6.26. The number of hydrogen-bond donors (Lipinski definition) is 0. The Balaban J connectivity index is 1.64. The van der Waals surface area contributed by atoms with Gasteiger partial charge in [-0.3, -0.25) is 4.79 Å². The largest absolute Gasteiger partial charge is 0.478 e. The zero-order valence-corrected chi connectivity index (χ0v) is 14.0. The van der Waals surface area contributed by atoms with E-state index < -0.39 is 12.1 Å². The summed E-state index contributed by atoms with van der Waals surface area (Å²) in [5.74, 6) is 0.423. The highest BCUT2D eigenvalue weighted by atomic mass is 19.3. The van der Waals surface area contributed by atoms with E-state index in [0.717, 1.165) is 18.5 Å². The number of alkyl halides is 2. The number of fused-ring (bicyclic) bond motifs is 1. The van der Waals surface area contributed by atoms with Crippen LogP contribution in [0.4, 0.5) is 8.78 Å². The van der Waals surface area contributed by atoms with Crippen LogP contribution in [0.3, 0.4) is 0 Å². The minimum atomic E-state index is -2.72. The predicted octanol–water partition coefficient (Wildman–Crippen LogP) is 3.37. The predicted molar refractivity (Wildman–Crippen MR) is 88.7 cm³/mol. The molecule has 1 aliphatic carbocycles. The van der Waals surface area contributed by atoms with Gasteiger partial charge < -0.3 is 9.14 Å². The van der Waals surface area contributed by atoms with Crippen molar-refractivity contribution in [2.24, 2.45) is 0 Å². The van der Waals surface area contributed by atoms with Gasteiger partial charge in [-0.05, 0) is 25.0 Å². The molecule has 0 N–H and O–H groups in total. The molecule has 0 aliphatic heterocycles. The maximum absolute atomic E-state index is 12.8. The van der Waals surface area contributed by atoms with Gasteiger partial charge in [-0.25, -0.2) is 23.7 Å². The van der Waals surface area contributed by atoms with Gasteiger partial charge in [0.25, 0.3) is 12.3 Å². The molecule has 1 aliphatic rings. The van der Waals surface area contributed by atoms with Crippen LogP contribution in [0, 0.1) is 0 Å². The minimum Gasteiger partial charge on any atom is -0.478 e. The number of methoxy groups -OCH3 is 1. The Morgan fingerprint density at radius 2 is 2.08 bits per heavy atom. The summed E-state index contributed by atoms with van der Waals surface area (Å²) in [7, 11) is 1.49. The molecule has 0 amide bonds. The molecular weight excluding hydrogens is 342 g/mol. The van der Waals surface area contributed by atoms with Crippen molar-refractivity contribution < 1.29 is 18.3 Å². The Morgan fingerprint density at radius 3 is 2.77 bits per heavy atom. The monoisotopic (exact) mass is 358 g/mol. The number of carbonyl (C=O) groups excluding carboxylic acids is 1. The maximum Gasteiger partial charge on any atom is 0.280 e. The molecule has 4 rings (SSSR count). The standard InChI is InChI=1S/C18H16F2N4O2/c1-26-18-17-23-14(10-5-6-10)9-24(17)8-11(21-18)7-15(25)12-3-2-4-13(22-12)16(19)20/h2-4,8-10,16H,5-7H2,1H3. The highest BCUT2D eigenvalue weighted by Crippen LogP contribution is 2.39. The first-order valence-corrected chi connectivity index (χ1v) is 8.26. The molecule has 0 spiro atoms. The Bertz CT molecular complexity index is 982. The van der Waals surface area contributed by atoms with E-state index in [4.69, 9.17) is 4.74 Å². The third-order valence-electron chi connectivity index (χ3n) is 4.29. The average Bonchev–Trinajstić information content (AvgIpc) is 3.40. The normalized spacial score (nSPS) is 14.2. The molecule has 3 heterocycles. The van der Waals surface area contributed by atoms with Crippen LogP contribution in [0.1, 0.15) is 52.8 Å². The number of halogens is 2. The third kappa shape index (κ3) is 3.14. The Kier molecular flexibility index (Phi) is 4.10. The number of carbonyl (C=O) groups is 1. The molecular formula is C18H16F2N4O2. The molecule has 1 saturated carbocycles. The Morgan fingerprint density at radius 1 is 1.27 bits per heavy atom. The van der Waals surface area contributed by atoms with Gasteiger partial charge in [-0.1, -0.05) is 6.07 Å². The Labute approximate surface area is 147 Å². The van der Waals surface area contributed by atoms with Crippen molar-refractivity contribution in [1.29, 1.82) is 0 Å². The smallest absolute Gasteiger partial charge is 0.280 e. The van der Waals surface area contributed by atoms with E-state index >= 15 is 0 Å². The Hall–Kier alpha value is -2.90. The summed E-state index contributed by atoms with van der Waals surface area (Å²) in [4.78, 5) is 25.0. The van der Waals surface area contributed by atoms with Crippen molar-refractivity contribution in [1.82, 2.24) is 19.4 Å². The van der Waals surface area contributed by atoms with Gasteiger partial charge in [-0.15, -0.1) is 0 Å². The van der Waals surface area contributed by atoms with Gasteiger partial charge >= 0.3 is 0 Å². The fourth-order valence-electron chi connectivity index (χ4n) is 2.82. The zero-order chi connectivity index (χ0) is 18.3. The molecule has 0 aromatic carbocycles. The van der Waals surface area contributed by atoms with Gasteiger partial charge in [0, 0.05) is 18.3 Å². The van der Waals surface area contributed by atoms with Gasteiger partial charge in [0.15, 0.2) is 5.78 Å². The number of hydrogen-bond acceptors (Lipinski definition) is 5. The van der Waals surface area contributed by atoms with Crippen LogP contribution < -0.4 is 4.74 Å². The molecule has 0 unspecified atom stereocenters. The maximum atomic E-state index is 12.8. The highest BCUT2D eigenvalue weighted by Gasteiger charge is 2.27. The lowest BCUT2D eigenvalue weighted by Crippen LogP contribution is -2.10. The third-order valence-corrected chi connectivity index (χ3v) is 4.29. The number of ether oxygens (including phenoxy) is 1. The van der Waals surface area contributed by atoms with Crippen LogP contribution in [0.5, 0.6) is 5.88 Å². The van der Waals surface area contributed by atoms with Crippen LogP contribution in [0.2, 0.25) is 0 Å². The van der Waals surface area contributed by atoms with Gasteiger partial charge in [0.1, 0.15) is 11.4 Å². The summed E-state index contributed by atoms with van der Waals surface area (Å²) >= 11 is 0. The van der Waals surface area contributed by atoms with Gasteiger partial charge in [-0.2, -0.15) is 0 Å². The molecule has 0 atom stereocenters. The van der Waals surface area contributed by atoms with E-state index in [1.165, 1.54) is 25.3 Å². The van der Waals surface area contributed by atoms with E-state index in [1.807, 2.05) is 6.20 Å². The van der Waals surface area contributed by atoms with Crippen molar-refractivity contribution in [3.63, 3.8) is 0 Å². The highest BCUT2D eigenvalue weighted by molar-refractivity contribution is 5.95. The number of rotatable bonds is 6. The van der Waals surface area contributed by atoms with Crippen molar-refractivity contribution >= 4 is 11.4 Å². The number of nitrogens with zero attached hydrogens (tertiary/aromatic N) is 4. The van der Waals surface area contributed by atoms with E-state index in [1.54, 1.807) is 10.6 Å². The summed E-state index contributed by atoms with van der Waals surface area (Å²) in [5, 5.41) is 0. The van der Waals surface area contributed by atoms with E-state index in [0.29, 0.717) is 23.1 Å². The number of pyridine rings is 1. The number of imidazole rings is 1. The first kappa shape index (κ1) is 16.6. The van der Waals surface area contributed by atoms with Crippen LogP contribution in [0.25, 0.3) is 5.65 Å². The summed E-state index contributed by atoms with van der Waals surface area (Å²) in [5.41, 5.74) is 1.63. The van der Waals surface area contributed by atoms with Crippen molar-refractivity contribution in [3.05, 3.63) is 53.4 Å². The lowest BCUT2D eigenvalue weighted by molar-refractivity contribution is 0.0984. The molecule has 0 radical (unpaired) electrons. The minimum absolute atomic E-state index is 0.00651. The molecule has 8 heteroatoms. The first-order valence-electron chi connectivity index (χ1n) is 8.26. The molecule has 26 heavy (non-hydrogen) atoms. The molecule has 0 bridgehead atoms. The van der Waals surface area contributed by atoms with Crippen LogP contribution >= 0.6 is 0 Å². The van der Waals surface area contributed by atoms with E-state index in [2.05, 4.69) is 15.0 Å². The quantitative estimate of drug-likeness (QED) is 0.632. The van der Waals surface area contributed by atoms with Crippen LogP contribution in [0.15, 0.2) is 30.6 Å². The van der Waals surface area contributed by atoms with Gasteiger partial charge in [0.05, 0.1) is 24.9 Å². The first-order chi connectivity index (χ1) is 12.5.